The molecule has 0 bridgehead atoms. The van der Waals surface area contributed by atoms with Gasteiger partial charge in [-0.25, -0.2) is 0 Å². The number of benzene rings is 1. The highest BCUT2D eigenvalue weighted by Gasteiger charge is 2.50. The van der Waals surface area contributed by atoms with Crippen LogP contribution in [0.3, 0.4) is 0 Å². The second-order valence-corrected chi connectivity index (χ2v) is 9.91. The largest absolute Gasteiger partial charge is 0.511 e. The molecule has 0 radical (unpaired) electrons. The summed E-state index contributed by atoms with van der Waals surface area (Å²) in [5.74, 6) is -2.75. The molecule has 31 heavy (non-hydrogen) atoms. The highest BCUT2D eigenvalue weighted by molar-refractivity contribution is 6.22. The van der Waals surface area contributed by atoms with E-state index in [9.17, 15) is 24.6 Å². The van der Waals surface area contributed by atoms with Gasteiger partial charge in [-0.05, 0) is 49.0 Å². The van der Waals surface area contributed by atoms with Gasteiger partial charge in [0.05, 0.1) is 23.7 Å². The maximum Gasteiger partial charge on any atom is 0.196 e. The van der Waals surface area contributed by atoms with E-state index in [1.807, 2.05) is 12.1 Å². The summed E-state index contributed by atoms with van der Waals surface area (Å²) in [6.45, 7) is 6.00. The first kappa shape index (κ1) is 20.0. The third kappa shape index (κ3) is 2.73. The Labute approximate surface area is 180 Å². The van der Waals surface area contributed by atoms with Gasteiger partial charge in [0.25, 0.3) is 0 Å². The van der Waals surface area contributed by atoms with Crippen molar-refractivity contribution < 1.29 is 29.3 Å². The topological polar surface area (TPSA) is 101 Å². The van der Waals surface area contributed by atoms with Crippen molar-refractivity contribution in [2.75, 3.05) is 6.61 Å². The molecule has 1 heterocycles. The molecule has 1 aromatic rings. The number of ketones is 3. The summed E-state index contributed by atoms with van der Waals surface area (Å²) in [5, 5.41) is 21.4. The summed E-state index contributed by atoms with van der Waals surface area (Å²) in [5.41, 5.74) is 2.28. The molecule has 3 unspecified atom stereocenters. The molecule has 3 atom stereocenters. The Morgan fingerprint density at radius 3 is 2.61 bits per heavy atom. The predicted molar refractivity (Wildman–Crippen MR) is 112 cm³/mol. The predicted octanol–water partition coefficient (Wildman–Crippen LogP) is 3.92. The van der Waals surface area contributed by atoms with Gasteiger partial charge in [0.15, 0.2) is 17.3 Å². The van der Waals surface area contributed by atoms with E-state index in [0.717, 1.165) is 17.5 Å². The maximum atomic E-state index is 13.7. The van der Waals surface area contributed by atoms with Gasteiger partial charge in [0, 0.05) is 17.6 Å². The normalized spacial score (nSPS) is 28.9. The number of ether oxygens (including phenoxy) is 1. The van der Waals surface area contributed by atoms with Gasteiger partial charge in [-0.15, -0.1) is 0 Å². The third-order valence-corrected chi connectivity index (χ3v) is 7.55. The number of rotatable bonds is 1. The quantitative estimate of drug-likeness (QED) is 0.665. The lowest BCUT2D eigenvalue weighted by molar-refractivity contribution is -0.125. The Kier molecular flexibility index (Phi) is 4.24. The minimum atomic E-state index is -0.955. The fourth-order valence-corrected chi connectivity index (χ4v) is 5.94. The zero-order valence-corrected chi connectivity index (χ0v) is 17.9. The molecule has 6 nitrogen and oxygen atoms in total. The summed E-state index contributed by atoms with van der Waals surface area (Å²) >= 11 is 0. The molecule has 0 saturated heterocycles. The molecule has 5 rings (SSSR count). The minimum Gasteiger partial charge on any atom is -0.511 e. The molecule has 4 aliphatic rings. The van der Waals surface area contributed by atoms with Crippen LogP contribution in [0.25, 0.3) is 0 Å². The molecule has 0 saturated carbocycles. The van der Waals surface area contributed by atoms with E-state index < -0.39 is 17.5 Å². The van der Waals surface area contributed by atoms with E-state index >= 15 is 0 Å². The number of hydrogen-bond acceptors (Lipinski definition) is 6. The van der Waals surface area contributed by atoms with Crippen LogP contribution >= 0.6 is 0 Å². The van der Waals surface area contributed by atoms with Gasteiger partial charge in [0.2, 0.25) is 0 Å². The van der Waals surface area contributed by atoms with E-state index in [1.165, 1.54) is 6.92 Å². The molecule has 0 spiro atoms. The van der Waals surface area contributed by atoms with Gasteiger partial charge in [0.1, 0.15) is 17.3 Å². The van der Waals surface area contributed by atoms with E-state index in [-0.39, 0.29) is 52.1 Å². The second kappa shape index (κ2) is 6.55. The van der Waals surface area contributed by atoms with Gasteiger partial charge < -0.3 is 14.9 Å². The van der Waals surface area contributed by atoms with Crippen molar-refractivity contribution in [1.29, 1.82) is 0 Å². The fourth-order valence-electron chi connectivity index (χ4n) is 5.94. The Balaban J connectivity index is 1.64. The molecule has 6 heteroatoms. The van der Waals surface area contributed by atoms with Crippen LogP contribution in [0, 0.1) is 17.8 Å². The van der Waals surface area contributed by atoms with Crippen molar-refractivity contribution in [2.24, 2.45) is 17.8 Å². The molecular formula is C25H26O6. The highest BCUT2D eigenvalue weighted by Crippen LogP contribution is 2.51. The minimum absolute atomic E-state index is 0.119. The first-order chi connectivity index (χ1) is 14.6. The number of aliphatic hydroxyl groups is 2. The highest BCUT2D eigenvalue weighted by atomic mass is 16.5. The number of carbonyl (C=O) groups is 3. The van der Waals surface area contributed by atoms with E-state index in [2.05, 4.69) is 13.8 Å². The summed E-state index contributed by atoms with van der Waals surface area (Å²) < 4.78 is 5.96. The Bertz CT molecular complexity index is 1120. The average molecular weight is 422 g/mol. The van der Waals surface area contributed by atoms with Crippen LogP contribution in [0.1, 0.15) is 61.5 Å². The molecule has 162 valence electrons. The van der Waals surface area contributed by atoms with Crippen molar-refractivity contribution in [3.63, 3.8) is 0 Å². The SMILES string of the molecule is CC(=O)C1=C(O)CC2CC3Cc4ccc5c(c4C(=O)C3=C(O)C2C1=O)OCCC5(C)C. The summed E-state index contributed by atoms with van der Waals surface area (Å²) in [4.78, 5) is 38.6. The average Bonchev–Trinajstić information content (AvgIpc) is 2.66. The number of fused-ring (bicyclic) bond motifs is 5. The zero-order chi connectivity index (χ0) is 22.2. The van der Waals surface area contributed by atoms with Crippen molar-refractivity contribution in [3.05, 3.63) is 51.5 Å². The Hall–Kier alpha value is -2.89. The maximum absolute atomic E-state index is 13.7. The van der Waals surface area contributed by atoms with E-state index in [1.54, 1.807) is 0 Å². The summed E-state index contributed by atoms with van der Waals surface area (Å²) in [6, 6.07) is 4.03. The standard InChI is InChI=1S/C25H26O6/c1-11(26)17-16(27)10-14-9-13-8-12-4-5-15-24(31-7-6-25(15,2)3)20(12)23(30)18(13)22(29)19(14)21(17)28/h4-5,13-14,19,27,29H,6-10H2,1-3H3. The number of aliphatic hydroxyl groups excluding tert-OH is 2. The molecule has 3 aliphatic carbocycles. The number of Topliss-reactive ketones (excluding diaryl/α,β-unsaturated/α-hetero) is 3. The van der Waals surface area contributed by atoms with Crippen LogP contribution in [0.5, 0.6) is 5.75 Å². The second-order valence-electron chi connectivity index (χ2n) is 9.91. The van der Waals surface area contributed by atoms with Crippen molar-refractivity contribution in [1.82, 2.24) is 0 Å². The van der Waals surface area contributed by atoms with Gasteiger partial charge >= 0.3 is 0 Å². The number of allylic oxidation sites excluding steroid dienone is 4. The summed E-state index contributed by atoms with van der Waals surface area (Å²) in [6.07, 6.45) is 2.08. The van der Waals surface area contributed by atoms with Crippen LogP contribution in [-0.4, -0.2) is 34.2 Å². The molecule has 1 aromatic carbocycles. The first-order valence-corrected chi connectivity index (χ1v) is 10.9. The van der Waals surface area contributed by atoms with Crippen LogP contribution in [0.4, 0.5) is 0 Å². The first-order valence-electron chi connectivity index (χ1n) is 10.9. The zero-order valence-electron chi connectivity index (χ0n) is 17.9. The van der Waals surface area contributed by atoms with E-state index in [0.29, 0.717) is 30.8 Å². The molecule has 0 fully saturated rings. The monoisotopic (exact) mass is 422 g/mol. The molecular weight excluding hydrogens is 396 g/mol. The number of carbonyl (C=O) groups excluding carboxylic acids is 3. The van der Waals surface area contributed by atoms with Crippen LogP contribution in [0.2, 0.25) is 0 Å². The number of hydrogen-bond donors (Lipinski definition) is 2. The fraction of sp³-hybridized carbons (Fsp3) is 0.480. The van der Waals surface area contributed by atoms with Crippen molar-refractivity contribution in [2.45, 2.75) is 51.9 Å². The van der Waals surface area contributed by atoms with Crippen LogP contribution in [0.15, 0.2) is 34.8 Å². The summed E-state index contributed by atoms with van der Waals surface area (Å²) in [7, 11) is 0. The lowest BCUT2D eigenvalue weighted by Crippen LogP contribution is -2.42. The smallest absolute Gasteiger partial charge is 0.196 e. The Morgan fingerprint density at radius 2 is 1.90 bits per heavy atom. The van der Waals surface area contributed by atoms with Crippen molar-refractivity contribution >= 4 is 17.3 Å². The van der Waals surface area contributed by atoms with Crippen LogP contribution < -0.4 is 4.74 Å². The molecule has 0 amide bonds. The van der Waals surface area contributed by atoms with Crippen molar-refractivity contribution in [3.8, 4) is 5.75 Å². The Morgan fingerprint density at radius 1 is 1.16 bits per heavy atom. The van der Waals surface area contributed by atoms with E-state index in [4.69, 9.17) is 4.74 Å². The lowest BCUT2D eigenvalue weighted by Gasteiger charge is -2.42. The van der Waals surface area contributed by atoms with Crippen LogP contribution in [-0.2, 0) is 21.4 Å². The molecule has 0 aromatic heterocycles. The lowest BCUT2D eigenvalue weighted by atomic mass is 9.62. The molecule has 1 aliphatic heterocycles. The molecule has 2 N–H and O–H groups in total. The van der Waals surface area contributed by atoms with Gasteiger partial charge in [-0.1, -0.05) is 26.0 Å². The van der Waals surface area contributed by atoms with Gasteiger partial charge in [-0.3, -0.25) is 14.4 Å². The van der Waals surface area contributed by atoms with Gasteiger partial charge in [-0.2, -0.15) is 0 Å². The third-order valence-electron chi connectivity index (χ3n) is 7.55.